The largest absolute Gasteiger partial charge is 0.756 e. The smallest absolute Gasteiger partial charge is 0.306 e. The van der Waals surface area contributed by atoms with Gasteiger partial charge in [0.15, 0.2) is 6.10 Å². The van der Waals surface area contributed by atoms with E-state index in [1.807, 2.05) is 21.1 Å². The van der Waals surface area contributed by atoms with Gasteiger partial charge in [-0.1, -0.05) is 227 Å². The zero-order valence-electron chi connectivity index (χ0n) is 45.0. The van der Waals surface area contributed by atoms with Crippen LogP contribution in [0.5, 0.6) is 0 Å². The molecule has 0 saturated carbocycles. The third kappa shape index (κ3) is 54.4. The van der Waals surface area contributed by atoms with Gasteiger partial charge in [-0.15, -0.1) is 0 Å². The first-order valence-corrected chi connectivity index (χ1v) is 29.3. The van der Waals surface area contributed by atoms with Crippen molar-refractivity contribution in [2.24, 2.45) is 0 Å². The molecule has 0 aliphatic heterocycles. The first kappa shape index (κ1) is 66.2. The lowest BCUT2D eigenvalue weighted by Crippen LogP contribution is -2.37. The predicted octanol–water partition coefficient (Wildman–Crippen LogP) is 16.5. The molecule has 0 spiro atoms. The number of esters is 2. The molecular formula is C59H104NO8P. The van der Waals surface area contributed by atoms with Crippen molar-refractivity contribution in [3.8, 4) is 0 Å². The molecule has 0 aliphatic rings. The highest BCUT2D eigenvalue weighted by molar-refractivity contribution is 7.45. The Balaban J connectivity index is 4.22. The summed E-state index contributed by atoms with van der Waals surface area (Å²) in [4.78, 5) is 37.8. The standard InChI is InChI=1S/C59H104NO8P/c1-6-8-10-12-14-16-18-20-22-24-25-26-27-28-29-30-31-32-33-34-35-36-38-40-42-44-46-48-50-52-59(62)68-57(56-67-69(63,64)66-54-53-60(3,4)5)55-65-58(61)51-49-47-45-43-41-39-37-23-21-19-17-15-13-11-9-7-2/h8,10,14,16,20,22,25-26,28-29,31-32,34-35,57H,6-7,9,11-13,15,17-19,21,23-24,27,30,33,36-56H2,1-5H3/b10-8-,16-14-,22-20-,26-25-,29-28-,32-31-,35-34-. The van der Waals surface area contributed by atoms with Gasteiger partial charge in [0, 0.05) is 12.8 Å². The maximum atomic E-state index is 12.8. The highest BCUT2D eigenvalue weighted by Crippen LogP contribution is 2.38. The Hall–Kier alpha value is -2.81. The first-order chi connectivity index (χ1) is 33.5. The zero-order valence-corrected chi connectivity index (χ0v) is 45.9. The number of phosphoric ester groups is 1. The second-order valence-electron chi connectivity index (χ2n) is 19.6. The second-order valence-corrected chi connectivity index (χ2v) is 21.0. The molecule has 0 heterocycles. The number of hydrogen-bond donors (Lipinski definition) is 0. The van der Waals surface area contributed by atoms with Crippen molar-refractivity contribution >= 4 is 19.8 Å². The summed E-state index contributed by atoms with van der Waals surface area (Å²) in [7, 11) is 1.15. The van der Waals surface area contributed by atoms with Crippen LogP contribution in [0.1, 0.15) is 226 Å². The summed E-state index contributed by atoms with van der Waals surface area (Å²) in [5, 5.41) is 0. The lowest BCUT2D eigenvalue weighted by Gasteiger charge is -2.28. The maximum Gasteiger partial charge on any atom is 0.306 e. The minimum atomic E-state index is -4.64. The minimum Gasteiger partial charge on any atom is -0.756 e. The summed E-state index contributed by atoms with van der Waals surface area (Å²) < 4.78 is 34.1. The van der Waals surface area contributed by atoms with Crippen LogP contribution in [0.15, 0.2) is 85.1 Å². The number of unbranched alkanes of at least 4 members (excludes halogenated alkanes) is 22. The number of allylic oxidation sites excluding steroid dienone is 14. The maximum absolute atomic E-state index is 12.8. The number of carbonyl (C=O) groups is 2. The summed E-state index contributed by atoms with van der Waals surface area (Å²) in [5.74, 6) is -0.845. The summed E-state index contributed by atoms with van der Waals surface area (Å²) in [6.07, 6.45) is 66.2. The molecule has 398 valence electrons. The van der Waals surface area contributed by atoms with E-state index < -0.39 is 26.5 Å². The van der Waals surface area contributed by atoms with E-state index in [0.29, 0.717) is 17.4 Å². The quantitative estimate of drug-likeness (QED) is 0.0195. The van der Waals surface area contributed by atoms with Gasteiger partial charge in [-0.25, -0.2) is 0 Å². The average Bonchev–Trinajstić information content (AvgIpc) is 3.31. The van der Waals surface area contributed by atoms with E-state index in [4.69, 9.17) is 18.5 Å². The number of likely N-dealkylation sites (N-methyl/N-ethyl adjacent to an activating group) is 1. The highest BCUT2D eigenvalue weighted by Gasteiger charge is 2.21. The molecule has 2 unspecified atom stereocenters. The number of quaternary nitrogens is 1. The fourth-order valence-corrected chi connectivity index (χ4v) is 8.13. The molecule has 0 saturated heterocycles. The van der Waals surface area contributed by atoms with Gasteiger partial charge in [-0.3, -0.25) is 14.2 Å². The molecule has 69 heavy (non-hydrogen) atoms. The predicted molar refractivity (Wildman–Crippen MR) is 291 cm³/mol. The van der Waals surface area contributed by atoms with Crippen LogP contribution in [-0.2, 0) is 32.7 Å². The van der Waals surface area contributed by atoms with Gasteiger partial charge in [0.05, 0.1) is 27.7 Å². The first-order valence-electron chi connectivity index (χ1n) is 27.8. The molecule has 0 aromatic rings. The van der Waals surface area contributed by atoms with Crippen LogP contribution in [0.3, 0.4) is 0 Å². The highest BCUT2D eigenvalue weighted by atomic mass is 31.2. The van der Waals surface area contributed by atoms with Gasteiger partial charge in [-0.05, 0) is 70.6 Å². The Morgan fingerprint density at radius 1 is 0.464 bits per heavy atom. The number of ether oxygens (including phenoxy) is 2. The SMILES string of the molecule is CC/C=C\C/C=C\C/C=C\C/C=C\C/C=C\C/C=C\C/C=C\CCCCCCCCCC(=O)OC(COC(=O)CCCCCCCCCCCCCCCCCC)COP(=O)([O-])OCC[N+](C)(C)C. The number of phosphoric acid groups is 1. The molecule has 0 amide bonds. The van der Waals surface area contributed by atoms with Crippen LogP contribution in [0.25, 0.3) is 0 Å². The molecule has 10 heteroatoms. The molecule has 0 aromatic heterocycles. The van der Waals surface area contributed by atoms with Crippen molar-refractivity contribution in [1.29, 1.82) is 0 Å². The number of carbonyl (C=O) groups excluding carboxylic acids is 2. The van der Waals surface area contributed by atoms with Crippen molar-refractivity contribution in [2.45, 2.75) is 232 Å². The number of rotatable bonds is 50. The second kappa shape index (κ2) is 50.1. The summed E-state index contributed by atoms with van der Waals surface area (Å²) in [6, 6.07) is 0. The fraction of sp³-hybridized carbons (Fsp3) is 0.729. The van der Waals surface area contributed by atoms with Gasteiger partial charge in [-0.2, -0.15) is 0 Å². The van der Waals surface area contributed by atoms with E-state index in [1.54, 1.807) is 0 Å². The van der Waals surface area contributed by atoms with Crippen molar-refractivity contribution in [3.63, 3.8) is 0 Å². The van der Waals surface area contributed by atoms with E-state index in [-0.39, 0.29) is 32.0 Å². The Bertz CT molecular complexity index is 1440. The van der Waals surface area contributed by atoms with E-state index in [2.05, 4.69) is 98.9 Å². The monoisotopic (exact) mass is 986 g/mol. The molecule has 9 nitrogen and oxygen atoms in total. The fourth-order valence-electron chi connectivity index (χ4n) is 7.40. The summed E-state index contributed by atoms with van der Waals surface area (Å²) >= 11 is 0. The molecule has 0 aromatic carbocycles. The van der Waals surface area contributed by atoms with Gasteiger partial charge in [0.1, 0.15) is 19.8 Å². The zero-order chi connectivity index (χ0) is 50.6. The summed E-state index contributed by atoms with van der Waals surface area (Å²) in [5.41, 5.74) is 0. The van der Waals surface area contributed by atoms with Crippen LogP contribution in [-0.4, -0.2) is 70.0 Å². The topological polar surface area (TPSA) is 111 Å². The lowest BCUT2D eigenvalue weighted by molar-refractivity contribution is -0.870. The number of hydrogen-bond acceptors (Lipinski definition) is 8. The van der Waals surface area contributed by atoms with Crippen LogP contribution in [0.4, 0.5) is 0 Å². The molecule has 2 atom stereocenters. The van der Waals surface area contributed by atoms with E-state index in [0.717, 1.165) is 89.9 Å². The minimum absolute atomic E-state index is 0.0359. The molecule has 0 bridgehead atoms. The Morgan fingerprint density at radius 3 is 1.23 bits per heavy atom. The Morgan fingerprint density at radius 2 is 0.826 bits per heavy atom. The molecule has 0 fully saturated rings. The number of nitrogens with zero attached hydrogens (tertiary/aromatic N) is 1. The van der Waals surface area contributed by atoms with E-state index in [1.165, 1.54) is 103 Å². The molecule has 0 N–H and O–H groups in total. The van der Waals surface area contributed by atoms with Crippen molar-refractivity contribution in [2.75, 3.05) is 47.5 Å². The van der Waals surface area contributed by atoms with Crippen molar-refractivity contribution in [3.05, 3.63) is 85.1 Å². The van der Waals surface area contributed by atoms with Gasteiger partial charge >= 0.3 is 11.9 Å². The van der Waals surface area contributed by atoms with Crippen LogP contribution >= 0.6 is 7.82 Å². The van der Waals surface area contributed by atoms with Gasteiger partial charge < -0.3 is 27.9 Å². The normalized spacial score (nSPS) is 14.0. The van der Waals surface area contributed by atoms with Crippen molar-refractivity contribution < 1.29 is 42.1 Å². The molecule has 0 radical (unpaired) electrons. The van der Waals surface area contributed by atoms with Crippen LogP contribution in [0, 0.1) is 0 Å². The van der Waals surface area contributed by atoms with Gasteiger partial charge in [0.2, 0.25) is 0 Å². The Kier molecular flexibility index (Phi) is 48.1. The van der Waals surface area contributed by atoms with Crippen LogP contribution in [0.2, 0.25) is 0 Å². The van der Waals surface area contributed by atoms with Gasteiger partial charge in [0.25, 0.3) is 7.82 Å². The molecular weight excluding hydrogens is 882 g/mol. The van der Waals surface area contributed by atoms with E-state index >= 15 is 0 Å². The molecule has 0 rings (SSSR count). The lowest BCUT2D eigenvalue weighted by atomic mass is 10.0. The summed E-state index contributed by atoms with van der Waals surface area (Å²) in [6.45, 7) is 4.12. The average molecular weight is 986 g/mol. The van der Waals surface area contributed by atoms with E-state index in [9.17, 15) is 19.0 Å². The molecule has 0 aliphatic carbocycles. The van der Waals surface area contributed by atoms with Crippen LogP contribution < -0.4 is 4.89 Å². The Labute approximate surface area is 424 Å². The van der Waals surface area contributed by atoms with Crippen molar-refractivity contribution in [1.82, 2.24) is 0 Å². The third-order valence-electron chi connectivity index (χ3n) is 11.7. The third-order valence-corrected chi connectivity index (χ3v) is 12.6.